The number of rotatable bonds is 0. The van der Waals surface area contributed by atoms with Crippen LogP contribution in [0, 0.1) is 17.3 Å². The van der Waals surface area contributed by atoms with Crippen molar-refractivity contribution in [2.24, 2.45) is 17.3 Å². The molecule has 0 aromatic rings. The van der Waals surface area contributed by atoms with Gasteiger partial charge in [-0.05, 0) is 30.1 Å². The zero-order valence-corrected chi connectivity index (χ0v) is 8.81. The smallest absolute Gasteiger partial charge is 0.133 e. The highest BCUT2D eigenvalue weighted by atomic mass is 16.1. The highest BCUT2D eigenvalue weighted by Gasteiger charge is 2.45. The van der Waals surface area contributed by atoms with Crippen molar-refractivity contribution in [2.45, 2.75) is 52.4 Å². The summed E-state index contributed by atoms with van der Waals surface area (Å²) in [5, 5.41) is 0. The lowest BCUT2D eigenvalue weighted by Crippen LogP contribution is -2.42. The molecule has 1 nitrogen and oxygen atoms in total. The van der Waals surface area contributed by atoms with Crippen LogP contribution in [-0.4, -0.2) is 5.78 Å². The van der Waals surface area contributed by atoms with Gasteiger partial charge in [0.15, 0.2) is 0 Å². The fourth-order valence-electron chi connectivity index (χ4n) is 3.37. The van der Waals surface area contributed by atoms with Crippen molar-refractivity contribution in [1.29, 1.82) is 0 Å². The average molecular weight is 180 g/mol. The third-order valence-corrected chi connectivity index (χ3v) is 4.60. The second kappa shape index (κ2) is 3.11. The minimum atomic E-state index is 0.355. The molecule has 0 N–H and O–H groups in total. The van der Waals surface area contributed by atoms with Crippen LogP contribution in [0.3, 0.4) is 0 Å². The molecule has 2 fully saturated rings. The van der Waals surface area contributed by atoms with Gasteiger partial charge in [0.1, 0.15) is 5.78 Å². The van der Waals surface area contributed by atoms with Crippen molar-refractivity contribution in [2.75, 3.05) is 0 Å². The molecular formula is C12H20O. The third-order valence-electron chi connectivity index (χ3n) is 4.60. The van der Waals surface area contributed by atoms with E-state index in [4.69, 9.17) is 0 Å². The second-order valence-corrected chi connectivity index (χ2v) is 5.29. The van der Waals surface area contributed by atoms with Crippen molar-refractivity contribution < 1.29 is 4.79 Å². The first-order valence-corrected chi connectivity index (χ1v) is 5.64. The zero-order chi connectivity index (χ0) is 9.47. The number of Topliss-reactive ketones (excluding diaryl/α,β-unsaturated/α-hetero) is 1. The lowest BCUT2D eigenvalue weighted by atomic mass is 9.56. The highest BCUT2D eigenvalue weighted by Crippen LogP contribution is 2.52. The van der Waals surface area contributed by atoms with Crippen molar-refractivity contribution >= 4 is 5.78 Å². The number of hydrogen-bond acceptors (Lipinski definition) is 1. The summed E-state index contributed by atoms with van der Waals surface area (Å²) in [7, 11) is 0. The molecule has 2 aliphatic rings. The van der Waals surface area contributed by atoms with Gasteiger partial charge in [-0.1, -0.05) is 26.7 Å². The fraction of sp³-hybridized carbons (Fsp3) is 0.917. The number of fused-ring (bicyclic) bond motifs is 1. The molecule has 0 spiro atoms. The van der Waals surface area contributed by atoms with Crippen molar-refractivity contribution in [3.8, 4) is 0 Å². The maximum absolute atomic E-state index is 11.5. The van der Waals surface area contributed by atoms with E-state index < -0.39 is 0 Å². The Morgan fingerprint density at radius 1 is 1.31 bits per heavy atom. The van der Waals surface area contributed by atoms with Crippen LogP contribution in [0.4, 0.5) is 0 Å². The summed E-state index contributed by atoms with van der Waals surface area (Å²) >= 11 is 0. The maximum atomic E-state index is 11.5. The number of ketones is 1. The molecule has 2 rings (SSSR count). The molecule has 0 heterocycles. The van der Waals surface area contributed by atoms with Crippen molar-refractivity contribution in [1.82, 2.24) is 0 Å². The van der Waals surface area contributed by atoms with Gasteiger partial charge in [-0.2, -0.15) is 0 Å². The van der Waals surface area contributed by atoms with Gasteiger partial charge >= 0.3 is 0 Å². The Balaban J connectivity index is 2.20. The maximum Gasteiger partial charge on any atom is 0.133 e. The minimum Gasteiger partial charge on any atom is -0.300 e. The monoisotopic (exact) mass is 180 g/mol. The SMILES string of the molecule is C[C@H]1CCC[C@H]2CCC(=O)C[C@@]21C. The van der Waals surface area contributed by atoms with Gasteiger partial charge in [-0.25, -0.2) is 0 Å². The van der Waals surface area contributed by atoms with Gasteiger partial charge < -0.3 is 0 Å². The second-order valence-electron chi connectivity index (χ2n) is 5.29. The van der Waals surface area contributed by atoms with Gasteiger partial charge in [0, 0.05) is 12.8 Å². The van der Waals surface area contributed by atoms with Crippen LogP contribution < -0.4 is 0 Å². The van der Waals surface area contributed by atoms with E-state index in [-0.39, 0.29) is 0 Å². The summed E-state index contributed by atoms with van der Waals surface area (Å²) in [5.74, 6) is 2.11. The number of hydrogen-bond donors (Lipinski definition) is 0. The Morgan fingerprint density at radius 3 is 2.85 bits per heavy atom. The third kappa shape index (κ3) is 1.43. The lowest BCUT2D eigenvalue weighted by molar-refractivity contribution is -0.129. The molecule has 74 valence electrons. The first-order valence-electron chi connectivity index (χ1n) is 5.64. The number of carbonyl (C=O) groups is 1. The average Bonchev–Trinajstić information content (AvgIpc) is 2.07. The predicted molar refractivity (Wildman–Crippen MR) is 53.5 cm³/mol. The van der Waals surface area contributed by atoms with E-state index in [9.17, 15) is 4.79 Å². The van der Waals surface area contributed by atoms with Gasteiger partial charge in [0.2, 0.25) is 0 Å². The molecule has 0 saturated heterocycles. The Morgan fingerprint density at radius 2 is 2.08 bits per heavy atom. The van der Waals surface area contributed by atoms with E-state index in [1.54, 1.807) is 0 Å². The van der Waals surface area contributed by atoms with Crippen LogP contribution in [0.15, 0.2) is 0 Å². The Labute approximate surface area is 80.9 Å². The van der Waals surface area contributed by atoms with Crippen LogP contribution in [0.1, 0.15) is 52.4 Å². The molecule has 0 radical (unpaired) electrons. The molecule has 2 saturated carbocycles. The van der Waals surface area contributed by atoms with E-state index >= 15 is 0 Å². The molecule has 0 amide bonds. The Kier molecular flexibility index (Phi) is 2.21. The normalized spacial score (nSPS) is 45.8. The molecule has 1 heteroatoms. The topological polar surface area (TPSA) is 17.1 Å². The Hall–Kier alpha value is -0.330. The Bertz CT molecular complexity index is 221. The highest BCUT2D eigenvalue weighted by molar-refractivity contribution is 5.80. The first kappa shape index (κ1) is 9.23. The first-order chi connectivity index (χ1) is 6.13. The van der Waals surface area contributed by atoms with Crippen LogP contribution in [0.25, 0.3) is 0 Å². The summed E-state index contributed by atoms with van der Waals surface area (Å²) in [6, 6.07) is 0. The molecule has 0 bridgehead atoms. The molecule has 3 atom stereocenters. The predicted octanol–water partition coefficient (Wildman–Crippen LogP) is 3.18. The summed E-state index contributed by atoms with van der Waals surface area (Å²) in [6.07, 6.45) is 6.97. The minimum absolute atomic E-state index is 0.355. The van der Waals surface area contributed by atoms with Crippen molar-refractivity contribution in [3.63, 3.8) is 0 Å². The van der Waals surface area contributed by atoms with Crippen LogP contribution >= 0.6 is 0 Å². The van der Waals surface area contributed by atoms with E-state index in [1.165, 1.54) is 25.7 Å². The van der Waals surface area contributed by atoms with Gasteiger partial charge in [-0.3, -0.25) is 4.79 Å². The molecule has 0 aromatic carbocycles. The van der Waals surface area contributed by atoms with Crippen molar-refractivity contribution in [3.05, 3.63) is 0 Å². The molecule has 2 aliphatic carbocycles. The van der Waals surface area contributed by atoms with E-state index in [0.29, 0.717) is 11.2 Å². The molecule has 0 aliphatic heterocycles. The summed E-state index contributed by atoms with van der Waals surface area (Å²) in [4.78, 5) is 11.5. The molecule has 0 aromatic heterocycles. The standard InChI is InChI=1S/C12H20O/c1-9-4-3-5-10-6-7-11(13)8-12(9,10)2/h9-10H,3-8H2,1-2H3/t9-,10-,12+/m0/s1. The molecule has 0 unspecified atom stereocenters. The molecule has 13 heavy (non-hydrogen) atoms. The largest absolute Gasteiger partial charge is 0.300 e. The van der Waals surface area contributed by atoms with Crippen LogP contribution in [0.5, 0.6) is 0 Å². The zero-order valence-electron chi connectivity index (χ0n) is 8.81. The van der Waals surface area contributed by atoms with Crippen LogP contribution in [-0.2, 0) is 4.79 Å². The summed E-state index contributed by atoms with van der Waals surface area (Å²) < 4.78 is 0. The quantitative estimate of drug-likeness (QED) is 0.559. The number of carbonyl (C=O) groups excluding carboxylic acids is 1. The van der Waals surface area contributed by atoms with Gasteiger partial charge in [-0.15, -0.1) is 0 Å². The lowest BCUT2D eigenvalue weighted by Gasteiger charge is -2.48. The van der Waals surface area contributed by atoms with E-state index in [1.807, 2.05) is 0 Å². The summed E-state index contributed by atoms with van der Waals surface area (Å²) in [6.45, 7) is 4.68. The fourth-order valence-corrected chi connectivity index (χ4v) is 3.37. The van der Waals surface area contributed by atoms with Gasteiger partial charge in [0.05, 0.1) is 0 Å². The van der Waals surface area contributed by atoms with Crippen LogP contribution in [0.2, 0.25) is 0 Å². The molecular weight excluding hydrogens is 160 g/mol. The van der Waals surface area contributed by atoms with Gasteiger partial charge in [0.25, 0.3) is 0 Å². The van der Waals surface area contributed by atoms with E-state index in [2.05, 4.69) is 13.8 Å². The van der Waals surface area contributed by atoms with E-state index in [0.717, 1.165) is 24.7 Å². The summed E-state index contributed by atoms with van der Waals surface area (Å²) in [5.41, 5.74) is 0.355.